The van der Waals surface area contributed by atoms with Crippen molar-refractivity contribution in [2.75, 3.05) is 11.9 Å². The summed E-state index contributed by atoms with van der Waals surface area (Å²) in [6.45, 7) is 0.465. The Hall–Kier alpha value is -3.08. The largest absolute Gasteiger partial charge is 0.365 e. The first kappa shape index (κ1) is 20.2. The Labute approximate surface area is 184 Å². The Morgan fingerprint density at radius 1 is 0.833 bits per heavy atom. The van der Waals surface area contributed by atoms with E-state index in [1.54, 1.807) is 54.4 Å². The summed E-state index contributed by atoms with van der Waals surface area (Å²) in [5.41, 5.74) is 2.58. The molecule has 1 aliphatic heterocycles. The van der Waals surface area contributed by atoms with Gasteiger partial charge in [0.25, 0.3) is 11.8 Å². The zero-order chi connectivity index (χ0) is 21.3. The maximum atomic E-state index is 13.5. The van der Waals surface area contributed by atoms with Crippen LogP contribution in [0, 0.1) is 0 Å². The van der Waals surface area contributed by atoms with E-state index in [-0.39, 0.29) is 11.5 Å². The van der Waals surface area contributed by atoms with E-state index in [0.717, 1.165) is 5.56 Å². The number of imide groups is 1. The van der Waals surface area contributed by atoms with Gasteiger partial charge in [0, 0.05) is 24.2 Å². The lowest BCUT2D eigenvalue weighted by Crippen LogP contribution is -2.34. The number of para-hydroxylation sites is 1. The van der Waals surface area contributed by atoms with E-state index < -0.39 is 5.91 Å². The molecule has 1 heterocycles. The van der Waals surface area contributed by atoms with Crippen LogP contribution in [0.5, 0.6) is 0 Å². The van der Waals surface area contributed by atoms with Gasteiger partial charge in [0.1, 0.15) is 5.70 Å². The van der Waals surface area contributed by atoms with Gasteiger partial charge in [0.05, 0.1) is 16.3 Å². The molecule has 1 aliphatic rings. The minimum absolute atomic E-state index is 0.268. The summed E-state index contributed by atoms with van der Waals surface area (Å²) in [5, 5.41) is 0.777. The lowest BCUT2D eigenvalue weighted by Gasteiger charge is -2.21. The number of halogens is 2. The van der Waals surface area contributed by atoms with E-state index in [9.17, 15) is 9.59 Å². The zero-order valence-electron chi connectivity index (χ0n) is 16.2. The highest BCUT2D eigenvalue weighted by Gasteiger charge is 2.42. The van der Waals surface area contributed by atoms with Crippen LogP contribution in [0.3, 0.4) is 0 Å². The molecule has 0 saturated carbocycles. The van der Waals surface area contributed by atoms with Gasteiger partial charge < -0.3 is 4.90 Å². The minimum atomic E-state index is -0.412. The first-order chi connectivity index (χ1) is 14.5. The molecule has 3 aromatic rings. The quantitative estimate of drug-likeness (QED) is 0.502. The first-order valence-electron chi connectivity index (χ1n) is 9.36. The van der Waals surface area contributed by atoms with Crippen LogP contribution in [0.1, 0.15) is 11.1 Å². The molecule has 0 spiro atoms. The number of likely N-dealkylation sites (N-methyl/N-ethyl adjacent to an activating group) is 1. The van der Waals surface area contributed by atoms with Crippen molar-refractivity contribution in [3.63, 3.8) is 0 Å². The van der Waals surface area contributed by atoms with Gasteiger partial charge in [0.2, 0.25) is 0 Å². The predicted octanol–water partition coefficient (Wildman–Crippen LogP) is 5.41. The van der Waals surface area contributed by atoms with Crippen molar-refractivity contribution in [1.29, 1.82) is 0 Å². The van der Waals surface area contributed by atoms with E-state index in [4.69, 9.17) is 23.2 Å². The number of benzene rings is 3. The van der Waals surface area contributed by atoms with Gasteiger partial charge in [0.15, 0.2) is 0 Å². The third-order valence-electron chi connectivity index (χ3n) is 4.92. The number of carbonyl (C=O) groups excluding carboxylic acids is 2. The van der Waals surface area contributed by atoms with Crippen molar-refractivity contribution in [3.05, 3.63) is 106 Å². The van der Waals surface area contributed by atoms with E-state index >= 15 is 0 Å². The van der Waals surface area contributed by atoms with Gasteiger partial charge in [-0.25, -0.2) is 4.90 Å². The van der Waals surface area contributed by atoms with Gasteiger partial charge in [-0.15, -0.1) is 0 Å². The molecule has 0 fully saturated rings. The molecule has 0 radical (unpaired) electrons. The zero-order valence-corrected chi connectivity index (χ0v) is 17.7. The summed E-state index contributed by atoms with van der Waals surface area (Å²) < 4.78 is 0. The van der Waals surface area contributed by atoms with Crippen LogP contribution in [0.4, 0.5) is 5.69 Å². The second-order valence-electron chi connectivity index (χ2n) is 6.97. The van der Waals surface area contributed by atoms with Crippen molar-refractivity contribution >= 4 is 46.3 Å². The maximum Gasteiger partial charge on any atom is 0.282 e. The molecule has 0 atom stereocenters. The predicted molar refractivity (Wildman–Crippen MR) is 120 cm³/mol. The maximum absolute atomic E-state index is 13.5. The highest BCUT2D eigenvalue weighted by molar-refractivity contribution is 6.47. The van der Waals surface area contributed by atoms with Crippen LogP contribution in [0.2, 0.25) is 10.0 Å². The molecule has 0 unspecified atom stereocenters. The Morgan fingerprint density at radius 2 is 1.47 bits per heavy atom. The van der Waals surface area contributed by atoms with Crippen LogP contribution >= 0.6 is 23.2 Å². The monoisotopic (exact) mass is 436 g/mol. The van der Waals surface area contributed by atoms with Gasteiger partial charge in [-0.3, -0.25) is 9.59 Å². The molecule has 0 saturated heterocycles. The summed E-state index contributed by atoms with van der Waals surface area (Å²) in [6.07, 6.45) is 0. The SMILES string of the molecule is CN(Cc1ccccc1)C1=C(c2ccc(Cl)cc2Cl)C(=O)N(c2ccccc2)C1=O. The lowest BCUT2D eigenvalue weighted by atomic mass is 10.0. The fraction of sp³-hybridized carbons (Fsp3) is 0.0833. The second-order valence-corrected chi connectivity index (χ2v) is 7.81. The molecule has 6 heteroatoms. The Kier molecular flexibility index (Phi) is 5.62. The van der Waals surface area contributed by atoms with Crippen molar-refractivity contribution in [3.8, 4) is 0 Å². The molecule has 150 valence electrons. The fourth-order valence-electron chi connectivity index (χ4n) is 3.56. The van der Waals surface area contributed by atoms with Crippen molar-refractivity contribution in [1.82, 2.24) is 4.90 Å². The number of nitrogens with zero attached hydrogens (tertiary/aromatic N) is 2. The number of rotatable bonds is 5. The van der Waals surface area contributed by atoms with Crippen molar-refractivity contribution in [2.45, 2.75) is 6.54 Å². The molecule has 3 aromatic carbocycles. The summed E-state index contributed by atoms with van der Waals surface area (Å²) in [7, 11) is 1.80. The van der Waals surface area contributed by atoms with E-state index in [1.807, 2.05) is 36.4 Å². The average Bonchev–Trinajstić information content (AvgIpc) is 2.99. The Balaban J connectivity index is 1.84. The molecule has 30 heavy (non-hydrogen) atoms. The summed E-state index contributed by atoms with van der Waals surface area (Å²) >= 11 is 12.5. The average molecular weight is 437 g/mol. The van der Waals surface area contributed by atoms with Gasteiger partial charge >= 0.3 is 0 Å². The number of hydrogen-bond donors (Lipinski definition) is 0. The van der Waals surface area contributed by atoms with Gasteiger partial charge in [-0.05, 0) is 29.8 Å². The Morgan fingerprint density at radius 3 is 2.10 bits per heavy atom. The number of carbonyl (C=O) groups is 2. The fourth-order valence-corrected chi connectivity index (χ4v) is 4.06. The third kappa shape index (κ3) is 3.72. The summed E-state index contributed by atoms with van der Waals surface area (Å²) in [4.78, 5) is 29.9. The summed E-state index contributed by atoms with van der Waals surface area (Å²) in [5.74, 6) is -0.795. The molecule has 0 aromatic heterocycles. The van der Waals surface area contributed by atoms with Gasteiger partial charge in [-0.2, -0.15) is 0 Å². The van der Waals surface area contributed by atoms with Crippen molar-refractivity contribution < 1.29 is 9.59 Å². The number of anilines is 1. The molecule has 0 aliphatic carbocycles. The molecular formula is C24H18Cl2N2O2. The second kappa shape index (κ2) is 8.34. The molecule has 0 N–H and O–H groups in total. The van der Waals surface area contributed by atoms with Crippen LogP contribution in [-0.2, 0) is 16.1 Å². The van der Waals surface area contributed by atoms with Crippen LogP contribution < -0.4 is 4.90 Å². The number of hydrogen-bond acceptors (Lipinski definition) is 3. The summed E-state index contributed by atoms with van der Waals surface area (Å²) in [6, 6.07) is 23.5. The van der Waals surface area contributed by atoms with E-state index in [0.29, 0.717) is 33.5 Å². The number of amides is 2. The van der Waals surface area contributed by atoms with E-state index in [2.05, 4.69) is 0 Å². The van der Waals surface area contributed by atoms with Crippen molar-refractivity contribution in [2.24, 2.45) is 0 Å². The standard InChI is InChI=1S/C24H18Cl2N2O2/c1-27(15-16-8-4-2-5-9-16)22-21(19-13-12-17(25)14-20(19)26)23(29)28(24(22)30)18-10-6-3-7-11-18/h2-14H,15H2,1H3. The van der Waals surface area contributed by atoms with Crippen LogP contribution in [-0.4, -0.2) is 23.8 Å². The molecular weight excluding hydrogens is 419 g/mol. The van der Waals surface area contributed by atoms with E-state index in [1.165, 1.54) is 4.90 Å². The molecule has 4 nitrogen and oxygen atoms in total. The van der Waals surface area contributed by atoms with Crippen LogP contribution in [0.25, 0.3) is 5.57 Å². The lowest BCUT2D eigenvalue weighted by molar-refractivity contribution is -0.120. The highest BCUT2D eigenvalue weighted by Crippen LogP contribution is 2.38. The smallest absolute Gasteiger partial charge is 0.282 e. The molecule has 0 bridgehead atoms. The van der Waals surface area contributed by atoms with Crippen LogP contribution in [0.15, 0.2) is 84.6 Å². The first-order valence-corrected chi connectivity index (χ1v) is 10.1. The normalized spacial score (nSPS) is 13.9. The topological polar surface area (TPSA) is 40.6 Å². The highest BCUT2D eigenvalue weighted by atomic mass is 35.5. The third-order valence-corrected chi connectivity index (χ3v) is 5.47. The minimum Gasteiger partial charge on any atom is -0.365 e. The Bertz CT molecular complexity index is 1140. The molecule has 2 amide bonds. The van der Waals surface area contributed by atoms with Gasteiger partial charge in [-0.1, -0.05) is 77.8 Å². The molecule has 4 rings (SSSR count).